The molecule has 1 saturated carbocycles. The summed E-state index contributed by atoms with van der Waals surface area (Å²) in [7, 11) is -1.31. The van der Waals surface area contributed by atoms with Gasteiger partial charge >= 0.3 is 0 Å². The van der Waals surface area contributed by atoms with E-state index in [2.05, 4.69) is 5.32 Å². The van der Waals surface area contributed by atoms with Crippen LogP contribution < -0.4 is 5.32 Å². The minimum Gasteiger partial charge on any atom is -0.335 e. The Morgan fingerprint density at radius 3 is 2.25 bits per heavy atom. The van der Waals surface area contributed by atoms with Gasteiger partial charge in [-0.15, -0.1) is 0 Å². The maximum Gasteiger partial charge on any atom is 0.238 e. The lowest BCUT2D eigenvalue weighted by Crippen LogP contribution is -2.47. The van der Waals surface area contributed by atoms with Crippen molar-refractivity contribution in [1.82, 2.24) is 9.80 Å². The lowest BCUT2D eigenvalue weighted by atomic mass is 10.1. The summed E-state index contributed by atoms with van der Waals surface area (Å²) in [5.41, 5.74) is 2.80. The Balaban J connectivity index is 1.56. The van der Waals surface area contributed by atoms with Gasteiger partial charge in [0.25, 0.3) is 0 Å². The normalized spacial score (nSPS) is 20.9. The summed E-state index contributed by atoms with van der Waals surface area (Å²) in [5.74, 6) is -0.0464. The largest absolute Gasteiger partial charge is 0.335 e. The zero-order valence-electron chi connectivity index (χ0n) is 16.8. The number of carbonyl (C=O) groups excluding carboxylic acids is 2. The molecule has 1 aromatic rings. The minimum absolute atomic E-state index is 0.0615. The molecule has 0 bridgehead atoms. The molecular formula is C20H29N3O4S. The number of sulfone groups is 1. The highest BCUT2D eigenvalue weighted by Gasteiger charge is 2.42. The fraction of sp³-hybridized carbons (Fsp3) is 0.600. The van der Waals surface area contributed by atoms with E-state index in [0.717, 1.165) is 29.7 Å². The number of aryl methyl sites for hydroxylation is 2. The number of amides is 2. The quantitative estimate of drug-likeness (QED) is 0.737. The first kappa shape index (κ1) is 20.8. The second-order valence-electron chi connectivity index (χ2n) is 8.08. The van der Waals surface area contributed by atoms with Crippen molar-refractivity contribution >= 4 is 27.3 Å². The van der Waals surface area contributed by atoms with Gasteiger partial charge in [-0.1, -0.05) is 18.2 Å². The van der Waals surface area contributed by atoms with Gasteiger partial charge in [-0.3, -0.25) is 14.5 Å². The molecule has 8 heteroatoms. The number of benzene rings is 1. The van der Waals surface area contributed by atoms with Gasteiger partial charge in [-0.05, 0) is 51.3 Å². The van der Waals surface area contributed by atoms with Gasteiger partial charge in [0.15, 0.2) is 9.84 Å². The zero-order chi connectivity index (χ0) is 20.5. The van der Waals surface area contributed by atoms with Crippen LogP contribution in [0.1, 0.15) is 30.4 Å². The van der Waals surface area contributed by atoms with Gasteiger partial charge in [0, 0.05) is 17.8 Å². The van der Waals surface area contributed by atoms with Crippen molar-refractivity contribution in [2.24, 2.45) is 0 Å². The molecule has 2 fully saturated rings. The maximum atomic E-state index is 12.8. The van der Waals surface area contributed by atoms with E-state index in [1.54, 1.807) is 16.8 Å². The number of para-hydroxylation sites is 1. The number of rotatable bonds is 7. The second kappa shape index (κ2) is 8.21. The molecular weight excluding hydrogens is 378 g/mol. The molecule has 0 aromatic heterocycles. The Hall–Kier alpha value is -1.93. The third-order valence-corrected chi connectivity index (χ3v) is 7.14. The molecule has 0 unspecified atom stereocenters. The number of hydrogen-bond acceptors (Lipinski definition) is 5. The van der Waals surface area contributed by atoms with E-state index >= 15 is 0 Å². The Kier molecular flexibility index (Phi) is 6.09. The van der Waals surface area contributed by atoms with Crippen LogP contribution in [0.4, 0.5) is 5.69 Å². The molecule has 1 saturated heterocycles. The van der Waals surface area contributed by atoms with E-state index in [0.29, 0.717) is 6.42 Å². The average molecular weight is 408 g/mol. The van der Waals surface area contributed by atoms with Crippen molar-refractivity contribution in [1.29, 1.82) is 0 Å². The summed E-state index contributed by atoms with van der Waals surface area (Å²) >= 11 is 0. The van der Waals surface area contributed by atoms with E-state index in [4.69, 9.17) is 0 Å². The van der Waals surface area contributed by atoms with Crippen LogP contribution in [0.3, 0.4) is 0 Å². The molecule has 1 aromatic carbocycles. The number of anilines is 1. The fourth-order valence-corrected chi connectivity index (χ4v) is 5.57. The summed E-state index contributed by atoms with van der Waals surface area (Å²) in [4.78, 5) is 28.7. The molecule has 1 N–H and O–H groups in total. The van der Waals surface area contributed by atoms with Crippen molar-refractivity contribution in [3.05, 3.63) is 29.3 Å². The molecule has 1 heterocycles. The number of hydrogen-bond donors (Lipinski definition) is 1. The first-order chi connectivity index (χ1) is 13.2. The van der Waals surface area contributed by atoms with Gasteiger partial charge < -0.3 is 10.2 Å². The highest BCUT2D eigenvalue weighted by atomic mass is 32.2. The van der Waals surface area contributed by atoms with E-state index in [9.17, 15) is 18.0 Å². The van der Waals surface area contributed by atoms with Crippen LogP contribution in [-0.4, -0.2) is 73.8 Å². The van der Waals surface area contributed by atoms with Gasteiger partial charge in [0.1, 0.15) is 0 Å². The summed E-state index contributed by atoms with van der Waals surface area (Å²) in [6.45, 7) is 4.09. The highest BCUT2D eigenvalue weighted by molar-refractivity contribution is 7.91. The fourth-order valence-electron chi connectivity index (χ4n) is 3.86. The predicted octanol–water partition coefficient (Wildman–Crippen LogP) is 1.35. The van der Waals surface area contributed by atoms with Gasteiger partial charge in [-0.2, -0.15) is 0 Å². The molecule has 2 amide bonds. The van der Waals surface area contributed by atoms with Crippen LogP contribution in [0.15, 0.2) is 18.2 Å². The van der Waals surface area contributed by atoms with E-state index < -0.39 is 9.84 Å². The van der Waals surface area contributed by atoms with Crippen LogP contribution in [-0.2, 0) is 19.4 Å². The van der Waals surface area contributed by atoms with Crippen molar-refractivity contribution in [3.8, 4) is 0 Å². The van der Waals surface area contributed by atoms with E-state index in [-0.39, 0.29) is 48.5 Å². The lowest BCUT2D eigenvalue weighted by molar-refractivity contribution is -0.134. The molecule has 154 valence electrons. The Morgan fingerprint density at radius 1 is 1.07 bits per heavy atom. The molecule has 7 nitrogen and oxygen atoms in total. The molecule has 3 rings (SSSR count). The van der Waals surface area contributed by atoms with Gasteiger partial charge in [0.05, 0.1) is 24.6 Å². The molecule has 1 aliphatic heterocycles. The van der Waals surface area contributed by atoms with Crippen LogP contribution in [0, 0.1) is 13.8 Å². The third-order valence-electron chi connectivity index (χ3n) is 5.39. The summed E-state index contributed by atoms with van der Waals surface area (Å²) in [6.07, 6.45) is 2.37. The SMILES string of the molecule is Cc1cccc(C)c1NC(=O)CN(C)CC(=O)N(C1CC1)[C@@H]1CCS(=O)(=O)C1. The van der Waals surface area contributed by atoms with Crippen LogP contribution in [0.25, 0.3) is 0 Å². The van der Waals surface area contributed by atoms with E-state index in [1.807, 2.05) is 32.0 Å². The minimum atomic E-state index is -3.04. The predicted molar refractivity (Wildman–Crippen MR) is 109 cm³/mol. The topological polar surface area (TPSA) is 86.8 Å². The van der Waals surface area contributed by atoms with Gasteiger partial charge in [-0.25, -0.2) is 8.42 Å². The Bertz CT molecular complexity index is 844. The van der Waals surface area contributed by atoms with Crippen molar-refractivity contribution in [3.63, 3.8) is 0 Å². The third kappa shape index (κ3) is 5.11. The summed E-state index contributed by atoms with van der Waals surface area (Å²) in [5, 5.41) is 2.93. The van der Waals surface area contributed by atoms with Crippen molar-refractivity contribution < 1.29 is 18.0 Å². The Labute approximate surface area is 167 Å². The molecule has 1 atom stereocenters. The first-order valence-corrected chi connectivity index (χ1v) is 11.5. The molecule has 1 aliphatic carbocycles. The Morgan fingerprint density at radius 2 is 1.71 bits per heavy atom. The highest BCUT2D eigenvalue weighted by Crippen LogP contribution is 2.32. The van der Waals surface area contributed by atoms with Gasteiger partial charge in [0.2, 0.25) is 11.8 Å². The van der Waals surface area contributed by atoms with E-state index in [1.165, 1.54) is 0 Å². The maximum absolute atomic E-state index is 12.8. The zero-order valence-corrected chi connectivity index (χ0v) is 17.6. The second-order valence-corrected chi connectivity index (χ2v) is 10.3. The first-order valence-electron chi connectivity index (χ1n) is 9.72. The number of nitrogens with zero attached hydrogens (tertiary/aromatic N) is 2. The molecule has 0 spiro atoms. The number of carbonyl (C=O) groups is 2. The summed E-state index contributed by atoms with van der Waals surface area (Å²) < 4.78 is 23.6. The van der Waals surface area contributed by atoms with Crippen LogP contribution in [0.5, 0.6) is 0 Å². The van der Waals surface area contributed by atoms with Crippen molar-refractivity contribution in [2.45, 2.75) is 45.2 Å². The van der Waals surface area contributed by atoms with Crippen molar-refractivity contribution in [2.75, 3.05) is 37.0 Å². The summed E-state index contributed by atoms with van der Waals surface area (Å²) in [6, 6.07) is 5.77. The smallest absolute Gasteiger partial charge is 0.238 e. The average Bonchev–Trinajstić information content (AvgIpc) is 3.34. The molecule has 0 radical (unpaired) electrons. The monoisotopic (exact) mass is 407 g/mol. The molecule has 28 heavy (non-hydrogen) atoms. The standard InChI is InChI=1S/C20H29N3O4S/c1-14-5-4-6-15(2)20(14)21-18(24)11-22(3)12-19(25)23(16-7-8-16)17-9-10-28(26,27)13-17/h4-6,16-17H,7-13H2,1-3H3,(H,21,24)/t17-/m1/s1. The van der Waals surface area contributed by atoms with Crippen LogP contribution in [0.2, 0.25) is 0 Å². The van der Waals surface area contributed by atoms with Crippen LogP contribution >= 0.6 is 0 Å². The lowest BCUT2D eigenvalue weighted by Gasteiger charge is -2.30. The number of likely N-dealkylation sites (N-methyl/N-ethyl adjacent to an activating group) is 1. The number of nitrogens with one attached hydrogen (secondary N) is 1. The molecule has 2 aliphatic rings.